The zero-order chi connectivity index (χ0) is 13.7. The molecule has 3 nitrogen and oxygen atoms in total. The first-order valence-electron chi connectivity index (χ1n) is 7.26. The van der Waals surface area contributed by atoms with Gasteiger partial charge in [0.05, 0.1) is 5.56 Å². The fourth-order valence-electron chi connectivity index (χ4n) is 2.87. The molecule has 0 aliphatic heterocycles. The fraction of sp³-hybridized carbons (Fsp3) is 0.562. The Labute approximate surface area is 115 Å². The highest BCUT2D eigenvalue weighted by Crippen LogP contribution is 2.30. The molecule has 19 heavy (non-hydrogen) atoms. The van der Waals surface area contributed by atoms with Crippen LogP contribution in [-0.4, -0.2) is 17.6 Å². The number of hydrogen-bond acceptors (Lipinski definition) is 2. The molecule has 0 amide bonds. The average Bonchev–Trinajstić information content (AvgIpc) is 2.46. The van der Waals surface area contributed by atoms with Gasteiger partial charge in [0, 0.05) is 12.2 Å². The van der Waals surface area contributed by atoms with E-state index in [-0.39, 0.29) is 0 Å². The summed E-state index contributed by atoms with van der Waals surface area (Å²) in [7, 11) is 0. The third-order valence-electron chi connectivity index (χ3n) is 4.25. The van der Waals surface area contributed by atoms with Gasteiger partial charge in [0.15, 0.2) is 0 Å². The largest absolute Gasteiger partial charge is 0.478 e. The number of carbonyl (C=O) groups is 1. The van der Waals surface area contributed by atoms with Gasteiger partial charge >= 0.3 is 5.97 Å². The van der Waals surface area contributed by atoms with Gasteiger partial charge in [-0.15, -0.1) is 0 Å². The Morgan fingerprint density at radius 3 is 2.58 bits per heavy atom. The summed E-state index contributed by atoms with van der Waals surface area (Å²) >= 11 is 0. The van der Waals surface area contributed by atoms with Crippen LogP contribution in [0.15, 0.2) is 24.3 Å². The lowest BCUT2D eigenvalue weighted by molar-refractivity contribution is 0.0697. The van der Waals surface area contributed by atoms with Crippen molar-refractivity contribution >= 4 is 11.7 Å². The van der Waals surface area contributed by atoms with Crippen molar-refractivity contribution in [3.8, 4) is 0 Å². The Morgan fingerprint density at radius 2 is 1.95 bits per heavy atom. The average molecular weight is 261 g/mol. The second kappa shape index (κ2) is 6.60. The summed E-state index contributed by atoms with van der Waals surface area (Å²) in [4.78, 5) is 10.9. The van der Waals surface area contributed by atoms with Crippen molar-refractivity contribution in [2.45, 2.75) is 39.0 Å². The first-order valence-corrected chi connectivity index (χ1v) is 7.26. The van der Waals surface area contributed by atoms with Crippen molar-refractivity contribution < 1.29 is 9.90 Å². The molecule has 2 rings (SSSR count). The van der Waals surface area contributed by atoms with Crippen LogP contribution < -0.4 is 5.32 Å². The van der Waals surface area contributed by atoms with Gasteiger partial charge in [0.25, 0.3) is 0 Å². The summed E-state index contributed by atoms with van der Waals surface area (Å²) in [5.41, 5.74) is 1.26. The highest BCUT2D eigenvalue weighted by Gasteiger charge is 2.19. The van der Waals surface area contributed by atoms with Gasteiger partial charge in [-0.2, -0.15) is 0 Å². The van der Waals surface area contributed by atoms with Crippen LogP contribution in [0.3, 0.4) is 0 Å². The minimum Gasteiger partial charge on any atom is -0.478 e. The molecule has 2 N–H and O–H groups in total. The zero-order valence-corrected chi connectivity index (χ0v) is 11.6. The van der Waals surface area contributed by atoms with Crippen molar-refractivity contribution in [1.82, 2.24) is 0 Å². The van der Waals surface area contributed by atoms with Crippen LogP contribution in [0.25, 0.3) is 0 Å². The molecule has 0 aromatic heterocycles. The molecule has 0 unspecified atom stereocenters. The quantitative estimate of drug-likeness (QED) is 0.841. The number of anilines is 1. The molecule has 1 aliphatic rings. The Morgan fingerprint density at radius 1 is 1.26 bits per heavy atom. The highest BCUT2D eigenvalue weighted by molar-refractivity contribution is 5.88. The molecule has 0 atom stereocenters. The summed E-state index contributed by atoms with van der Waals surface area (Å²) < 4.78 is 0. The van der Waals surface area contributed by atoms with Crippen LogP contribution in [-0.2, 0) is 0 Å². The minimum atomic E-state index is -0.868. The zero-order valence-electron chi connectivity index (χ0n) is 11.6. The van der Waals surface area contributed by atoms with Crippen LogP contribution in [0.2, 0.25) is 0 Å². The minimum absolute atomic E-state index is 0.347. The van der Waals surface area contributed by atoms with Gasteiger partial charge in [-0.3, -0.25) is 0 Å². The van der Waals surface area contributed by atoms with Gasteiger partial charge in [-0.1, -0.05) is 32.3 Å². The smallest absolute Gasteiger partial charge is 0.335 e. The monoisotopic (exact) mass is 261 g/mol. The molecular formula is C16H23NO2. The lowest BCUT2D eigenvalue weighted by atomic mass is 9.81. The van der Waals surface area contributed by atoms with Gasteiger partial charge < -0.3 is 10.4 Å². The van der Waals surface area contributed by atoms with E-state index in [1.54, 1.807) is 18.2 Å². The Hall–Kier alpha value is -1.51. The second-order valence-corrected chi connectivity index (χ2v) is 5.56. The van der Waals surface area contributed by atoms with Crippen LogP contribution in [0, 0.1) is 11.8 Å². The summed E-state index contributed by atoms with van der Waals surface area (Å²) in [5, 5.41) is 12.3. The predicted octanol–water partition coefficient (Wildman–Crippen LogP) is 4.01. The molecule has 1 saturated carbocycles. The van der Waals surface area contributed by atoms with E-state index in [1.807, 2.05) is 6.07 Å². The maximum atomic E-state index is 10.9. The van der Waals surface area contributed by atoms with Gasteiger partial charge in [0.1, 0.15) is 0 Å². The predicted molar refractivity (Wildman–Crippen MR) is 77.6 cm³/mol. The number of nitrogens with one attached hydrogen (secondary N) is 1. The Kier molecular flexibility index (Phi) is 4.83. The van der Waals surface area contributed by atoms with Gasteiger partial charge in [-0.25, -0.2) is 4.79 Å². The third kappa shape index (κ3) is 3.98. The SMILES string of the molecule is CCC1CCC(CNc2cccc(C(=O)O)c2)CC1. The van der Waals surface area contributed by atoms with E-state index < -0.39 is 5.97 Å². The molecule has 0 radical (unpaired) electrons. The molecule has 1 aromatic rings. The maximum absolute atomic E-state index is 10.9. The Bertz CT molecular complexity index is 423. The standard InChI is InChI=1S/C16H23NO2/c1-2-12-6-8-13(9-7-12)11-17-15-5-3-4-14(10-15)16(18)19/h3-5,10,12-13,17H,2,6-9,11H2,1H3,(H,18,19). The molecule has 0 bridgehead atoms. The van der Waals surface area contributed by atoms with Crippen molar-refractivity contribution in [3.63, 3.8) is 0 Å². The van der Waals surface area contributed by atoms with Gasteiger partial charge in [-0.05, 0) is 42.9 Å². The van der Waals surface area contributed by atoms with Crippen molar-refractivity contribution in [3.05, 3.63) is 29.8 Å². The molecule has 1 aromatic carbocycles. The highest BCUT2D eigenvalue weighted by atomic mass is 16.4. The van der Waals surface area contributed by atoms with Crippen LogP contribution >= 0.6 is 0 Å². The summed E-state index contributed by atoms with van der Waals surface area (Å²) in [6.07, 6.45) is 6.59. The van der Waals surface area contributed by atoms with Crippen molar-refractivity contribution in [2.24, 2.45) is 11.8 Å². The van der Waals surface area contributed by atoms with Crippen molar-refractivity contribution in [2.75, 3.05) is 11.9 Å². The fourth-order valence-corrected chi connectivity index (χ4v) is 2.87. The van der Waals surface area contributed by atoms with Crippen molar-refractivity contribution in [1.29, 1.82) is 0 Å². The summed E-state index contributed by atoms with van der Waals surface area (Å²) in [6, 6.07) is 7.06. The normalized spacial score (nSPS) is 23.0. The van der Waals surface area contributed by atoms with E-state index in [9.17, 15) is 4.79 Å². The number of aromatic carboxylic acids is 1. The molecule has 0 heterocycles. The molecule has 0 spiro atoms. The molecule has 1 aliphatic carbocycles. The molecule has 104 valence electrons. The van der Waals surface area contributed by atoms with E-state index in [0.717, 1.165) is 24.1 Å². The number of carboxylic acid groups (broad SMARTS) is 1. The summed E-state index contributed by atoms with van der Waals surface area (Å²) in [6.45, 7) is 3.24. The third-order valence-corrected chi connectivity index (χ3v) is 4.25. The van der Waals surface area contributed by atoms with Gasteiger partial charge in [0.2, 0.25) is 0 Å². The topological polar surface area (TPSA) is 49.3 Å². The molecule has 3 heteroatoms. The first kappa shape index (κ1) is 13.9. The lowest BCUT2D eigenvalue weighted by Crippen LogP contribution is -2.21. The number of carboxylic acids is 1. The lowest BCUT2D eigenvalue weighted by Gasteiger charge is -2.28. The number of benzene rings is 1. The number of hydrogen-bond donors (Lipinski definition) is 2. The van der Waals surface area contributed by atoms with E-state index in [0.29, 0.717) is 5.56 Å². The molecular weight excluding hydrogens is 238 g/mol. The molecule has 0 saturated heterocycles. The molecule has 1 fully saturated rings. The number of rotatable bonds is 5. The summed E-state index contributed by atoms with van der Waals surface area (Å²) in [5.74, 6) is 0.787. The van der Waals surface area contributed by atoms with E-state index in [2.05, 4.69) is 12.2 Å². The van der Waals surface area contributed by atoms with E-state index >= 15 is 0 Å². The van der Waals surface area contributed by atoms with Crippen LogP contribution in [0.5, 0.6) is 0 Å². The van der Waals surface area contributed by atoms with E-state index in [4.69, 9.17) is 5.11 Å². The Balaban J connectivity index is 1.82. The van der Waals surface area contributed by atoms with E-state index in [1.165, 1.54) is 32.1 Å². The van der Waals surface area contributed by atoms with Crippen LogP contribution in [0.4, 0.5) is 5.69 Å². The first-order chi connectivity index (χ1) is 9.19. The van der Waals surface area contributed by atoms with Crippen LogP contribution in [0.1, 0.15) is 49.4 Å². The maximum Gasteiger partial charge on any atom is 0.335 e. The second-order valence-electron chi connectivity index (χ2n) is 5.56.